The highest BCUT2D eigenvalue weighted by molar-refractivity contribution is 7.89. The number of carbonyl (C=O) groups is 1. The normalized spacial score (nSPS) is 11.3. The molecule has 0 fully saturated rings. The SMILES string of the molecule is CCOc1cccc(CNC(=O)CN(C)S(=O)(=O)c2ccc(OC)cc2)c1. The summed E-state index contributed by atoms with van der Waals surface area (Å²) in [5, 5.41) is 2.72. The van der Waals surface area contributed by atoms with Crippen molar-refractivity contribution in [2.45, 2.75) is 18.4 Å². The van der Waals surface area contributed by atoms with Crippen LogP contribution in [0.5, 0.6) is 11.5 Å². The Morgan fingerprint density at radius 2 is 1.81 bits per heavy atom. The van der Waals surface area contributed by atoms with Crippen LogP contribution < -0.4 is 14.8 Å². The summed E-state index contributed by atoms with van der Waals surface area (Å²) in [6.45, 7) is 2.47. The van der Waals surface area contributed by atoms with Crippen LogP contribution in [-0.4, -0.2) is 45.9 Å². The highest BCUT2D eigenvalue weighted by Gasteiger charge is 2.22. The van der Waals surface area contributed by atoms with Crippen LogP contribution in [0, 0.1) is 0 Å². The lowest BCUT2D eigenvalue weighted by molar-refractivity contribution is -0.121. The predicted molar refractivity (Wildman–Crippen MR) is 102 cm³/mol. The molecule has 0 aliphatic heterocycles. The molecular weight excluding hydrogens is 368 g/mol. The average molecular weight is 392 g/mol. The van der Waals surface area contributed by atoms with Gasteiger partial charge in [-0.25, -0.2) is 8.42 Å². The van der Waals surface area contributed by atoms with Crippen LogP contribution in [0.25, 0.3) is 0 Å². The summed E-state index contributed by atoms with van der Waals surface area (Å²) < 4.78 is 36.5. The van der Waals surface area contributed by atoms with Gasteiger partial charge in [0.1, 0.15) is 11.5 Å². The summed E-state index contributed by atoms with van der Waals surface area (Å²) in [4.78, 5) is 12.2. The first-order chi connectivity index (χ1) is 12.9. The third-order valence-corrected chi connectivity index (χ3v) is 5.65. The van der Waals surface area contributed by atoms with Crippen molar-refractivity contribution in [3.05, 3.63) is 54.1 Å². The lowest BCUT2D eigenvalue weighted by atomic mass is 10.2. The third-order valence-electron chi connectivity index (χ3n) is 3.83. The number of sulfonamides is 1. The second-order valence-electron chi connectivity index (χ2n) is 5.79. The minimum atomic E-state index is -3.76. The number of hydrogen-bond acceptors (Lipinski definition) is 5. The minimum absolute atomic E-state index is 0.100. The summed E-state index contributed by atoms with van der Waals surface area (Å²) in [5.41, 5.74) is 0.870. The van der Waals surface area contributed by atoms with Crippen molar-refractivity contribution < 1.29 is 22.7 Å². The smallest absolute Gasteiger partial charge is 0.243 e. The fourth-order valence-electron chi connectivity index (χ4n) is 2.38. The van der Waals surface area contributed by atoms with Crippen molar-refractivity contribution in [1.29, 1.82) is 0 Å². The van der Waals surface area contributed by atoms with Crippen LogP contribution in [0.15, 0.2) is 53.4 Å². The van der Waals surface area contributed by atoms with Gasteiger partial charge >= 0.3 is 0 Å². The highest BCUT2D eigenvalue weighted by atomic mass is 32.2. The molecule has 2 rings (SSSR count). The van der Waals surface area contributed by atoms with Gasteiger partial charge < -0.3 is 14.8 Å². The van der Waals surface area contributed by atoms with Crippen LogP contribution in [0.4, 0.5) is 0 Å². The van der Waals surface area contributed by atoms with Crippen molar-refractivity contribution in [2.75, 3.05) is 27.3 Å². The van der Waals surface area contributed by atoms with Crippen LogP contribution in [-0.2, 0) is 21.4 Å². The zero-order chi connectivity index (χ0) is 19.9. The Balaban J connectivity index is 1.94. The number of carbonyl (C=O) groups excluding carboxylic acids is 1. The second kappa shape index (κ2) is 9.38. The van der Waals surface area contributed by atoms with Gasteiger partial charge in [-0.05, 0) is 48.9 Å². The van der Waals surface area contributed by atoms with Gasteiger partial charge in [-0.2, -0.15) is 4.31 Å². The molecule has 1 N–H and O–H groups in total. The number of rotatable bonds is 9. The number of amides is 1. The molecule has 0 atom stereocenters. The van der Waals surface area contributed by atoms with Gasteiger partial charge in [0, 0.05) is 13.6 Å². The van der Waals surface area contributed by atoms with E-state index in [1.807, 2.05) is 31.2 Å². The number of nitrogens with zero attached hydrogens (tertiary/aromatic N) is 1. The van der Waals surface area contributed by atoms with Crippen LogP contribution in [0.2, 0.25) is 0 Å². The monoisotopic (exact) mass is 392 g/mol. The van der Waals surface area contributed by atoms with Crippen molar-refractivity contribution in [3.63, 3.8) is 0 Å². The van der Waals surface area contributed by atoms with Gasteiger partial charge in [-0.15, -0.1) is 0 Å². The van der Waals surface area contributed by atoms with Crippen LogP contribution >= 0.6 is 0 Å². The minimum Gasteiger partial charge on any atom is -0.497 e. The molecule has 2 aromatic carbocycles. The standard InChI is InChI=1S/C19H24N2O5S/c1-4-26-17-7-5-6-15(12-17)13-20-19(22)14-21(2)27(23,24)18-10-8-16(25-3)9-11-18/h5-12H,4,13-14H2,1-3H3,(H,20,22). The van der Waals surface area contributed by atoms with E-state index in [0.717, 1.165) is 15.6 Å². The zero-order valence-electron chi connectivity index (χ0n) is 15.6. The molecule has 0 bridgehead atoms. The molecule has 0 heterocycles. The first kappa shape index (κ1) is 20.7. The summed E-state index contributed by atoms with van der Waals surface area (Å²) in [5.74, 6) is 0.892. The summed E-state index contributed by atoms with van der Waals surface area (Å²) in [7, 11) is -0.885. The third kappa shape index (κ3) is 5.70. The summed E-state index contributed by atoms with van der Waals surface area (Å²) >= 11 is 0. The Kier molecular flexibility index (Phi) is 7.20. The van der Waals surface area contributed by atoms with Crippen LogP contribution in [0.3, 0.4) is 0 Å². The molecular formula is C19H24N2O5S. The average Bonchev–Trinajstić information content (AvgIpc) is 2.67. The predicted octanol–water partition coefficient (Wildman–Crippen LogP) is 2.03. The number of benzene rings is 2. The molecule has 0 saturated carbocycles. The van der Waals surface area contributed by atoms with E-state index < -0.39 is 15.9 Å². The quantitative estimate of drug-likeness (QED) is 0.706. The molecule has 2 aromatic rings. The zero-order valence-corrected chi connectivity index (χ0v) is 16.5. The maximum absolute atomic E-state index is 12.5. The molecule has 0 aromatic heterocycles. The van der Waals surface area contributed by atoms with Gasteiger partial charge in [0.05, 0.1) is 25.2 Å². The lowest BCUT2D eigenvalue weighted by Gasteiger charge is -2.17. The first-order valence-electron chi connectivity index (χ1n) is 8.45. The molecule has 0 radical (unpaired) electrons. The van der Waals surface area contributed by atoms with Crippen molar-refractivity contribution in [2.24, 2.45) is 0 Å². The molecule has 0 aliphatic rings. The van der Waals surface area contributed by atoms with Crippen molar-refractivity contribution >= 4 is 15.9 Å². The van der Waals surface area contributed by atoms with E-state index in [2.05, 4.69) is 5.32 Å². The Hall–Kier alpha value is -2.58. The molecule has 0 spiro atoms. The van der Waals surface area contributed by atoms with Gasteiger partial charge in [-0.1, -0.05) is 12.1 Å². The Labute approximate surface area is 160 Å². The number of ether oxygens (including phenoxy) is 2. The summed E-state index contributed by atoms with van der Waals surface area (Å²) in [6.07, 6.45) is 0. The van der Waals surface area contributed by atoms with E-state index in [0.29, 0.717) is 12.4 Å². The Morgan fingerprint density at radius 1 is 1.11 bits per heavy atom. The molecule has 7 nitrogen and oxygen atoms in total. The molecule has 0 aliphatic carbocycles. The van der Waals surface area contributed by atoms with E-state index in [-0.39, 0.29) is 18.0 Å². The van der Waals surface area contributed by atoms with Gasteiger partial charge in [-0.3, -0.25) is 4.79 Å². The molecule has 0 saturated heterocycles. The largest absolute Gasteiger partial charge is 0.497 e. The number of hydrogen-bond donors (Lipinski definition) is 1. The van der Waals surface area contributed by atoms with E-state index >= 15 is 0 Å². The van der Waals surface area contributed by atoms with Gasteiger partial charge in [0.2, 0.25) is 15.9 Å². The topological polar surface area (TPSA) is 84.9 Å². The fraction of sp³-hybridized carbons (Fsp3) is 0.316. The van der Waals surface area contributed by atoms with Gasteiger partial charge in [0.25, 0.3) is 0 Å². The highest BCUT2D eigenvalue weighted by Crippen LogP contribution is 2.18. The van der Waals surface area contributed by atoms with E-state index in [1.54, 1.807) is 12.1 Å². The van der Waals surface area contributed by atoms with E-state index in [4.69, 9.17) is 9.47 Å². The van der Waals surface area contributed by atoms with Crippen molar-refractivity contribution in [3.8, 4) is 11.5 Å². The van der Waals surface area contributed by atoms with Gasteiger partial charge in [0.15, 0.2) is 0 Å². The first-order valence-corrected chi connectivity index (χ1v) is 9.89. The molecule has 146 valence electrons. The lowest BCUT2D eigenvalue weighted by Crippen LogP contribution is -2.38. The molecule has 0 unspecified atom stereocenters. The maximum atomic E-state index is 12.5. The fourth-order valence-corrected chi connectivity index (χ4v) is 3.51. The van der Waals surface area contributed by atoms with Crippen molar-refractivity contribution in [1.82, 2.24) is 9.62 Å². The molecule has 8 heteroatoms. The maximum Gasteiger partial charge on any atom is 0.243 e. The summed E-state index contributed by atoms with van der Waals surface area (Å²) in [6, 6.07) is 13.4. The van der Waals surface area contributed by atoms with Crippen LogP contribution in [0.1, 0.15) is 12.5 Å². The number of nitrogens with one attached hydrogen (secondary N) is 1. The number of likely N-dealkylation sites (N-methyl/N-ethyl adjacent to an activating group) is 1. The number of methoxy groups -OCH3 is 1. The Morgan fingerprint density at radius 3 is 2.44 bits per heavy atom. The second-order valence-corrected chi connectivity index (χ2v) is 7.84. The molecule has 1 amide bonds. The molecule has 27 heavy (non-hydrogen) atoms. The Bertz CT molecular complexity index is 866. The van der Waals surface area contributed by atoms with E-state index in [1.165, 1.54) is 26.3 Å². The van der Waals surface area contributed by atoms with E-state index in [9.17, 15) is 13.2 Å².